The summed E-state index contributed by atoms with van der Waals surface area (Å²) >= 11 is 0. The standard InChI is InChI=1S/C10H18N2/c11-5-9-7-1-2-8(4-3-7)10(9)6-12/h1-2,7-10H,3-6,11-12H2. The highest BCUT2D eigenvalue weighted by atomic mass is 14.6. The Kier molecular flexibility index (Phi) is 2.20. The third-order valence-corrected chi connectivity index (χ3v) is 3.63. The van der Waals surface area contributed by atoms with E-state index in [0.29, 0.717) is 11.8 Å². The fraction of sp³-hybridized carbons (Fsp3) is 0.800. The second kappa shape index (κ2) is 3.19. The molecule has 0 heterocycles. The van der Waals surface area contributed by atoms with Crippen LogP contribution in [0.15, 0.2) is 12.2 Å². The zero-order valence-electron chi connectivity index (χ0n) is 7.45. The Bertz CT molecular complexity index is 168. The highest BCUT2D eigenvalue weighted by Crippen LogP contribution is 2.43. The van der Waals surface area contributed by atoms with Crippen molar-refractivity contribution in [2.24, 2.45) is 35.1 Å². The van der Waals surface area contributed by atoms with Crippen LogP contribution in [0.4, 0.5) is 0 Å². The Labute approximate surface area is 74.0 Å². The number of nitrogens with two attached hydrogens (primary N) is 2. The van der Waals surface area contributed by atoms with E-state index in [4.69, 9.17) is 11.5 Å². The average molecular weight is 166 g/mol. The van der Waals surface area contributed by atoms with E-state index in [1.165, 1.54) is 12.8 Å². The molecule has 2 bridgehead atoms. The molecule has 12 heavy (non-hydrogen) atoms. The summed E-state index contributed by atoms with van der Waals surface area (Å²) in [7, 11) is 0. The van der Waals surface area contributed by atoms with Crippen LogP contribution in [0.3, 0.4) is 0 Å². The lowest BCUT2D eigenvalue weighted by Crippen LogP contribution is -2.44. The van der Waals surface area contributed by atoms with Gasteiger partial charge in [-0.3, -0.25) is 0 Å². The molecule has 68 valence electrons. The maximum atomic E-state index is 5.77. The average Bonchev–Trinajstić information content (AvgIpc) is 2.18. The molecule has 2 heteroatoms. The van der Waals surface area contributed by atoms with Crippen molar-refractivity contribution in [1.82, 2.24) is 0 Å². The SMILES string of the molecule is NCC1C2C=CC(CC2)C1CN. The van der Waals surface area contributed by atoms with Crippen molar-refractivity contribution in [3.05, 3.63) is 12.2 Å². The van der Waals surface area contributed by atoms with Crippen LogP contribution in [0.1, 0.15) is 12.8 Å². The first-order valence-electron chi connectivity index (χ1n) is 4.95. The van der Waals surface area contributed by atoms with E-state index in [2.05, 4.69) is 12.2 Å². The maximum absolute atomic E-state index is 5.77. The zero-order chi connectivity index (χ0) is 8.55. The minimum Gasteiger partial charge on any atom is -0.330 e. The van der Waals surface area contributed by atoms with Crippen molar-refractivity contribution in [2.45, 2.75) is 12.8 Å². The van der Waals surface area contributed by atoms with Crippen LogP contribution in [-0.4, -0.2) is 13.1 Å². The van der Waals surface area contributed by atoms with Crippen LogP contribution in [-0.2, 0) is 0 Å². The minimum atomic E-state index is 0.666. The van der Waals surface area contributed by atoms with E-state index in [9.17, 15) is 0 Å². The molecule has 2 nitrogen and oxygen atoms in total. The number of allylic oxidation sites excluding steroid dienone is 2. The van der Waals surface area contributed by atoms with Crippen LogP contribution in [0, 0.1) is 23.7 Å². The van der Waals surface area contributed by atoms with E-state index < -0.39 is 0 Å². The molecule has 0 aromatic rings. The largest absolute Gasteiger partial charge is 0.330 e. The van der Waals surface area contributed by atoms with Gasteiger partial charge in [0.25, 0.3) is 0 Å². The first-order chi connectivity index (χ1) is 5.86. The molecular weight excluding hydrogens is 148 g/mol. The van der Waals surface area contributed by atoms with Gasteiger partial charge in [-0.25, -0.2) is 0 Å². The van der Waals surface area contributed by atoms with Gasteiger partial charge in [-0.15, -0.1) is 0 Å². The zero-order valence-corrected chi connectivity index (χ0v) is 7.45. The number of hydrogen-bond acceptors (Lipinski definition) is 2. The van der Waals surface area contributed by atoms with E-state index in [-0.39, 0.29) is 0 Å². The molecule has 0 saturated heterocycles. The van der Waals surface area contributed by atoms with E-state index in [1.54, 1.807) is 0 Å². The quantitative estimate of drug-likeness (QED) is 0.594. The van der Waals surface area contributed by atoms with Gasteiger partial charge in [0.2, 0.25) is 0 Å². The van der Waals surface area contributed by atoms with Crippen LogP contribution in [0.5, 0.6) is 0 Å². The predicted molar refractivity (Wildman–Crippen MR) is 50.4 cm³/mol. The normalized spacial score (nSPS) is 45.2. The second-order valence-corrected chi connectivity index (χ2v) is 4.09. The molecular formula is C10H18N2. The molecule has 4 unspecified atom stereocenters. The van der Waals surface area contributed by atoms with Crippen LogP contribution in [0.25, 0.3) is 0 Å². The summed E-state index contributed by atoms with van der Waals surface area (Å²) in [5.41, 5.74) is 11.5. The summed E-state index contributed by atoms with van der Waals surface area (Å²) in [5, 5.41) is 0. The first-order valence-corrected chi connectivity index (χ1v) is 4.95. The van der Waals surface area contributed by atoms with Crippen molar-refractivity contribution in [3.8, 4) is 0 Å². The Morgan fingerprint density at radius 1 is 0.917 bits per heavy atom. The van der Waals surface area contributed by atoms with Gasteiger partial charge in [0.05, 0.1) is 0 Å². The van der Waals surface area contributed by atoms with E-state index in [0.717, 1.165) is 24.9 Å². The van der Waals surface area contributed by atoms with Crippen molar-refractivity contribution in [3.63, 3.8) is 0 Å². The van der Waals surface area contributed by atoms with Gasteiger partial charge in [-0.2, -0.15) is 0 Å². The first kappa shape index (κ1) is 8.27. The molecule has 0 aliphatic heterocycles. The molecule has 0 aromatic carbocycles. The van der Waals surface area contributed by atoms with Gasteiger partial charge < -0.3 is 11.5 Å². The van der Waals surface area contributed by atoms with Gasteiger partial charge >= 0.3 is 0 Å². The molecule has 0 spiro atoms. The lowest BCUT2D eigenvalue weighted by molar-refractivity contribution is 0.134. The molecule has 3 aliphatic rings. The summed E-state index contributed by atoms with van der Waals surface area (Å²) in [6.07, 6.45) is 7.38. The lowest BCUT2D eigenvalue weighted by atomic mass is 9.62. The summed E-state index contributed by atoms with van der Waals surface area (Å²) < 4.78 is 0. The van der Waals surface area contributed by atoms with Crippen LogP contribution < -0.4 is 11.5 Å². The van der Waals surface area contributed by atoms with Gasteiger partial charge in [-0.05, 0) is 49.6 Å². The molecule has 0 aromatic heterocycles. The highest BCUT2D eigenvalue weighted by molar-refractivity contribution is 5.09. The summed E-state index contributed by atoms with van der Waals surface area (Å²) in [5.74, 6) is 2.79. The number of fused-ring (bicyclic) bond motifs is 2. The molecule has 1 fully saturated rings. The summed E-state index contributed by atoms with van der Waals surface area (Å²) in [6, 6.07) is 0. The van der Waals surface area contributed by atoms with Crippen molar-refractivity contribution in [1.29, 1.82) is 0 Å². The van der Waals surface area contributed by atoms with Gasteiger partial charge in [0.15, 0.2) is 0 Å². The predicted octanol–water partition coefficient (Wildman–Crippen LogP) is 0.732. The smallest absolute Gasteiger partial charge is 0.00399 e. The van der Waals surface area contributed by atoms with Crippen LogP contribution in [0.2, 0.25) is 0 Å². The van der Waals surface area contributed by atoms with Crippen molar-refractivity contribution < 1.29 is 0 Å². The van der Waals surface area contributed by atoms with Gasteiger partial charge in [0.1, 0.15) is 0 Å². The molecule has 4 atom stereocenters. The topological polar surface area (TPSA) is 52.0 Å². The van der Waals surface area contributed by atoms with Crippen molar-refractivity contribution >= 4 is 0 Å². The fourth-order valence-corrected chi connectivity index (χ4v) is 2.91. The molecule has 0 amide bonds. The molecule has 1 saturated carbocycles. The number of rotatable bonds is 2. The Morgan fingerprint density at radius 2 is 1.33 bits per heavy atom. The second-order valence-electron chi connectivity index (χ2n) is 4.09. The molecule has 3 rings (SSSR count). The summed E-state index contributed by atoms with van der Waals surface area (Å²) in [6.45, 7) is 1.63. The van der Waals surface area contributed by atoms with Crippen LogP contribution >= 0.6 is 0 Å². The Balaban J connectivity index is 2.18. The molecule has 3 aliphatic carbocycles. The lowest BCUT2D eigenvalue weighted by Gasteiger charge is -2.44. The third kappa shape index (κ3) is 1.10. The molecule has 0 radical (unpaired) electrons. The molecule has 4 N–H and O–H groups in total. The Hall–Kier alpha value is -0.340. The van der Waals surface area contributed by atoms with E-state index >= 15 is 0 Å². The van der Waals surface area contributed by atoms with E-state index in [1.807, 2.05) is 0 Å². The van der Waals surface area contributed by atoms with Gasteiger partial charge in [-0.1, -0.05) is 12.2 Å². The summed E-state index contributed by atoms with van der Waals surface area (Å²) in [4.78, 5) is 0. The minimum absolute atomic E-state index is 0.666. The number of hydrogen-bond donors (Lipinski definition) is 2. The van der Waals surface area contributed by atoms with Crippen molar-refractivity contribution in [2.75, 3.05) is 13.1 Å². The van der Waals surface area contributed by atoms with Gasteiger partial charge in [0, 0.05) is 0 Å². The fourth-order valence-electron chi connectivity index (χ4n) is 2.91. The Morgan fingerprint density at radius 3 is 1.58 bits per heavy atom. The highest BCUT2D eigenvalue weighted by Gasteiger charge is 2.38. The monoisotopic (exact) mass is 166 g/mol. The maximum Gasteiger partial charge on any atom is -0.00399 e. The third-order valence-electron chi connectivity index (χ3n) is 3.63.